The molecule has 1 atom stereocenters. The Kier molecular flexibility index (Phi) is 8.93. The van der Waals surface area contributed by atoms with Crippen LogP contribution in [0, 0.1) is 18.6 Å². The van der Waals surface area contributed by atoms with Gasteiger partial charge in [0.15, 0.2) is 5.82 Å². The first-order chi connectivity index (χ1) is 17.3. The number of aryl methyl sites for hydroxylation is 1. The zero-order valence-electron chi connectivity index (χ0n) is 20.5. The topological polar surface area (TPSA) is 70.9 Å². The molecule has 5 nitrogen and oxygen atoms in total. The third-order valence-electron chi connectivity index (χ3n) is 5.68. The van der Waals surface area contributed by atoms with Crippen LogP contribution in [0.5, 0.6) is 0 Å². The van der Waals surface area contributed by atoms with Crippen LogP contribution in [0.1, 0.15) is 55.6 Å². The van der Waals surface area contributed by atoms with Crippen LogP contribution in [-0.2, 0) is 6.42 Å². The minimum absolute atomic E-state index is 0.0785. The van der Waals surface area contributed by atoms with Crippen molar-refractivity contribution >= 4 is 16.6 Å². The van der Waals surface area contributed by atoms with E-state index in [0.29, 0.717) is 39.1 Å². The molecule has 2 heterocycles. The number of fused-ring (bicyclic) bond motifs is 1. The van der Waals surface area contributed by atoms with E-state index in [-0.39, 0.29) is 18.6 Å². The van der Waals surface area contributed by atoms with Gasteiger partial charge in [-0.2, -0.15) is 5.10 Å². The molecule has 9 heteroatoms. The summed E-state index contributed by atoms with van der Waals surface area (Å²) in [6.07, 6.45) is -1.13. The van der Waals surface area contributed by atoms with Crippen LogP contribution in [-0.4, -0.2) is 26.9 Å². The second-order valence-corrected chi connectivity index (χ2v) is 7.95. The van der Waals surface area contributed by atoms with Crippen LogP contribution in [0.2, 0.25) is 0 Å². The minimum Gasteiger partial charge on any atom is -0.396 e. The molecule has 4 rings (SSSR count). The van der Waals surface area contributed by atoms with Crippen LogP contribution < -0.4 is 5.32 Å². The lowest BCUT2D eigenvalue weighted by Crippen LogP contribution is -2.12. The van der Waals surface area contributed by atoms with E-state index in [1.165, 1.54) is 18.2 Å². The summed E-state index contributed by atoms with van der Waals surface area (Å²) in [6.45, 7) is 7.23. The highest BCUT2D eigenvalue weighted by Gasteiger charge is 2.20. The lowest BCUT2D eigenvalue weighted by Gasteiger charge is -2.18. The first-order valence-corrected chi connectivity index (χ1v) is 11.7. The van der Waals surface area contributed by atoms with Gasteiger partial charge in [0.05, 0.1) is 23.0 Å². The van der Waals surface area contributed by atoms with Gasteiger partial charge in [0, 0.05) is 34.7 Å². The van der Waals surface area contributed by atoms with Crippen LogP contribution in [0.3, 0.4) is 0 Å². The monoisotopic (exact) mass is 500 g/mol. The van der Waals surface area contributed by atoms with Gasteiger partial charge in [-0.15, -0.1) is 5.10 Å². The second kappa shape index (κ2) is 11.9. The fraction of sp³-hybridized carbons (Fsp3) is 0.296. The predicted octanol–water partition coefficient (Wildman–Crippen LogP) is 6.95. The molecule has 190 valence electrons. The first kappa shape index (κ1) is 27.0. The molecule has 0 aliphatic heterocycles. The third-order valence-corrected chi connectivity index (χ3v) is 5.68. The fourth-order valence-electron chi connectivity index (χ4n) is 3.84. The third kappa shape index (κ3) is 5.62. The Bertz CT molecular complexity index is 1350. The van der Waals surface area contributed by atoms with Gasteiger partial charge in [-0.3, -0.25) is 4.98 Å². The molecule has 0 saturated carbocycles. The van der Waals surface area contributed by atoms with Gasteiger partial charge in [0.2, 0.25) is 0 Å². The van der Waals surface area contributed by atoms with Crippen LogP contribution >= 0.6 is 0 Å². The molecule has 0 amide bonds. The van der Waals surface area contributed by atoms with E-state index >= 15 is 0 Å². The fourth-order valence-corrected chi connectivity index (χ4v) is 3.84. The van der Waals surface area contributed by atoms with Crippen molar-refractivity contribution in [3.05, 3.63) is 82.7 Å². The number of nitrogens with zero attached hydrogens (tertiary/aromatic N) is 3. The Morgan fingerprint density at radius 1 is 0.972 bits per heavy atom. The summed E-state index contributed by atoms with van der Waals surface area (Å²) >= 11 is 0. The highest BCUT2D eigenvalue weighted by atomic mass is 19.3. The Hall–Kier alpha value is -3.59. The second-order valence-electron chi connectivity index (χ2n) is 7.95. The van der Waals surface area contributed by atoms with Crippen LogP contribution in [0.4, 0.5) is 23.4 Å². The standard InChI is InChI=1S/C25H22F4N4O.C2H6/c1-13(17-4-3-5-18(23(17)27)24(28)29)31-25-19-11-22(30-12-20(19)14(2)32-33-25)16-6-7-21(26)15(10-16)8-9-34;1-2/h3-7,10-13,24,34H,8-9H2,1-2H3,(H,31,33);1-2H3. The van der Waals surface area contributed by atoms with Gasteiger partial charge in [-0.05, 0) is 50.1 Å². The number of nitrogens with one attached hydrogen (secondary N) is 1. The zero-order chi connectivity index (χ0) is 26.4. The molecular weight excluding hydrogens is 472 g/mol. The molecule has 2 N–H and O–H groups in total. The number of aromatic nitrogens is 3. The molecular formula is C27H28F4N4O. The predicted molar refractivity (Wildman–Crippen MR) is 133 cm³/mol. The Balaban J connectivity index is 0.00000176. The van der Waals surface area contributed by atoms with Crippen LogP contribution in [0.15, 0.2) is 48.7 Å². The van der Waals surface area contributed by atoms with E-state index in [4.69, 9.17) is 0 Å². The summed E-state index contributed by atoms with van der Waals surface area (Å²) in [5.41, 5.74) is 1.60. The van der Waals surface area contributed by atoms with Crippen LogP contribution in [0.25, 0.3) is 22.0 Å². The molecule has 0 saturated heterocycles. The maximum atomic E-state index is 14.7. The Morgan fingerprint density at radius 2 is 1.69 bits per heavy atom. The number of hydrogen-bond donors (Lipinski definition) is 2. The van der Waals surface area contributed by atoms with Gasteiger partial charge in [-0.1, -0.05) is 32.0 Å². The van der Waals surface area contributed by atoms with E-state index in [9.17, 15) is 22.7 Å². The summed E-state index contributed by atoms with van der Waals surface area (Å²) in [5, 5.41) is 21.9. The average Bonchev–Trinajstić information content (AvgIpc) is 2.88. The van der Waals surface area contributed by atoms with Crippen molar-refractivity contribution in [3.8, 4) is 11.3 Å². The van der Waals surface area contributed by atoms with Gasteiger partial charge in [0.1, 0.15) is 11.6 Å². The normalized spacial score (nSPS) is 11.8. The number of rotatable bonds is 7. The lowest BCUT2D eigenvalue weighted by molar-refractivity contribution is 0.146. The van der Waals surface area contributed by atoms with Crippen molar-refractivity contribution in [2.75, 3.05) is 11.9 Å². The van der Waals surface area contributed by atoms with E-state index < -0.39 is 29.7 Å². The number of hydrogen-bond acceptors (Lipinski definition) is 5. The molecule has 0 spiro atoms. The van der Waals surface area contributed by atoms with Crippen molar-refractivity contribution in [1.29, 1.82) is 0 Å². The SMILES string of the molecule is CC.Cc1nnc(NC(C)c2cccc(C(F)F)c2F)c2cc(-c3ccc(F)c(CCO)c3)ncc12. The van der Waals surface area contributed by atoms with Gasteiger partial charge < -0.3 is 10.4 Å². The molecule has 4 aromatic rings. The Morgan fingerprint density at radius 3 is 2.39 bits per heavy atom. The van der Waals surface area contributed by atoms with Crippen molar-refractivity contribution in [2.24, 2.45) is 0 Å². The first-order valence-electron chi connectivity index (χ1n) is 11.7. The summed E-state index contributed by atoms with van der Waals surface area (Å²) < 4.78 is 54.9. The molecule has 0 bridgehead atoms. The number of aliphatic hydroxyl groups is 1. The smallest absolute Gasteiger partial charge is 0.266 e. The Labute approximate surface area is 207 Å². The van der Waals surface area contributed by atoms with E-state index in [2.05, 4.69) is 20.5 Å². The molecule has 0 aliphatic carbocycles. The molecule has 2 aromatic heterocycles. The minimum atomic E-state index is -2.92. The maximum Gasteiger partial charge on any atom is 0.266 e. The largest absolute Gasteiger partial charge is 0.396 e. The van der Waals surface area contributed by atoms with E-state index in [0.717, 1.165) is 6.07 Å². The maximum absolute atomic E-state index is 14.7. The van der Waals surface area contributed by atoms with Crippen molar-refractivity contribution in [2.45, 2.75) is 46.6 Å². The number of halogens is 4. The van der Waals surface area contributed by atoms with Gasteiger partial charge in [-0.25, -0.2) is 17.6 Å². The summed E-state index contributed by atoms with van der Waals surface area (Å²) in [5.74, 6) is -1.05. The summed E-state index contributed by atoms with van der Waals surface area (Å²) in [6, 6.07) is 9.50. The summed E-state index contributed by atoms with van der Waals surface area (Å²) in [4.78, 5) is 4.47. The molecule has 0 fully saturated rings. The molecule has 0 radical (unpaired) electrons. The van der Waals surface area contributed by atoms with E-state index in [1.54, 1.807) is 38.2 Å². The summed E-state index contributed by atoms with van der Waals surface area (Å²) in [7, 11) is 0. The highest BCUT2D eigenvalue weighted by Crippen LogP contribution is 2.32. The number of benzene rings is 2. The highest BCUT2D eigenvalue weighted by molar-refractivity contribution is 5.94. The van der Waals surface area contributed by atoms with E-state index in [1.807, 2.05) is 13.8 Å². The molecule has 1 unspecified atom stereocenters. The number of aliphatic hydroxyl groups excluding tert-OH is 1. The quantitative estimate of drug-likeness (QED) is 0.269. The lowest BCUT2D eigenvalue weighted by atomic mass is 10.0. The molecule has 0 aliphatic rings. The average molecular weight is 501 g/mol. The van der Waals surface area contributed by atoms with Gasteiger partial charge >= 0.3 is 0 Å². The number of anilines is 1. The van der Waals surface area contributed by atoms with Crippen molar-refractivity contribution < 1.29 is 22.7 Å². The zero-order valence-corrected chi connectivity index (χ0v) is 20.5. The number of alkyl halides is 2. The molecule has 36 heavy (non-hydrogen) atoms. The molecule has 2 aromatic carbocycles. The van der Waals surface area contributed by atoms with Crippen molar-refractivity contribution in [3.63, 3.8) is 0 Å². The van der Waals surface area contributed by atoms with Crippen molar-refractivity contribution in [1.82, 2.24) is 15.2 Å². The number of pyridine rings is 1. The van der Waals surface area contributed by atoms with Gasteiger partial charge in [0.25, 0.3) is 6.43 Å².